The summed E-state index contributed by atoms with van der Waals surface area (Å²) in [5, 5.41) is 6.28. The van der Waals surface area contributed by atoms with Crippen molar-refractivity contribution in [1.29, 1.82) is 0 Å². The molecule has 0 aliphatic carbocycles. The first-order chi connectivity index (χ1) is 22.7. The first-order valence-electron chi connectivity index (χ1n) is 15.7. The summed E-state index contributed by atoms with van der Waals surface area (Å²) >= 11 is 0. The summed E-state index contributed by atoms with van der Waals surface area (Å²) in [5.41, 5.74) is 11.9. The van der Waals surface area contributed by atoms with Crippen molar-refractivity contribution in [3.05, 3.63) is 170 Å². The van der Waals surface area contributed by atoms with Crippen LogP contribution in [0.25, 0.3) is 77.7 Å². The van der Waals surface area contributed by atoms with Crippen molar-refractivity contribution in [2.75, 3.05) is 0 Å². The SMILES string of the molecule is C=C/C=C\c1c(C)n(-c2ccc(-n3c4ccccc4c4cc5c6ccccc6n(-c6ccccc6)c5cc43)cc2)c2ccccc12. The zero-order valence-corrected chi connectivity index (χ0v) is 25.6. The lowest BCUT2D eigenvalue weighted by Gasteiger charge is -2.13. The minimum Gasteiger partial charge on any atom is -0.313 e. The van der Waals surface area contributed by atoms with Crippen LogP contribution in [0.3, 0.4) is 0 Å². The largest absolute Gasteiger partial charge is 0.313 e. The molecule has 0 radical (unpaired) electrons. The molecule has 9 rings (SSSR count). The highest BCUT2D eigenvalue weighted by Crippen LogP contribution is 2.40. The Labute approximate surface area is 267 Å². The maximum absolute atomic E-state index is 3.88. The lowest BCUT2D eigenvalue weighted by atomic mass is 10.1. The van der Waals surface area contributed by atoms with E-state index in [0.29, 0.717) is 0 Å². The van der Waals surface area contributed by atoms with Crippen molar-refractivity contribution in [2.45, 2.75) is 6.92 Å². The molecule has 218 valence electrons. The minimum atomic E-state index is 1.14. The molecule has 46 heavy (non-hydrogen) atoms. The molecule has 3 heteroatoms. The third-order valence-electron chi connectivity index (χ3n) is 9.41. The Balaban J connectivity index is 1.29. The fraction of sp³-hybridized carbons (Fsp3) is 0.0233. The summed E-state index contributed by atoms with van der Waals surface area (Å²) in [7, 11) is 0. The third kappa shape index (κ3) is 3.79. The van der Waals surface area contributed by atoms with Gasteiger partial charge in [0.1, 0.15) is 0 Å². The molecule has 0 saturated heterocycles. The van der Waals surface area contributed by atoms with Gasteiger partial charge >= 0.3 is 0 Å². The van der Waals surface area contributed by atoms with Gasteiger partial charge in [-0.2, -0.15) is 0 Å². The van der Waals surface area contributed by atoms with E-state index in [1.807, 2.05) is 12.2 Å². The van der Waals surface area contributed by atoms with E-state index >= 15 is 0 Å². The number of aromatic nitrogens is 3. The molecule has 0 N–H and O–H groups in total. The molecule has 6 aromatic carbocycles. The Morgan fingerprint density at radius 3 is 1.46 bits per heavy atom. The van der Waals surface area contributed by atoms with Crippen LogP contribution in [-0.2, 0) is 0 Å². The topological polar surface area (TPSA) is 14.8 Å². The number of fused-ring (bicyclic) bond motifs is 7. The van der Waals surface area contributed by atoms with Crippen molar-refractivity contribution in [2.24, 2.45) is 0 Å². The van der Waals surface area contributed by atoms with Crippen LogP contribution in [0.2, 0.25) is 0 Å². The van der Waals surface area contributed by atoms with Crippen LogP contribution in [0.1, 0.15) is 11.3 Å². The molecule has 0 saturated carbocycles. The molecule has 0 spiro atoms. The summed E-state index contributed by atoms with van der Waals surface area (Å²) in [5.74, 6) is 0. The molecular weight excluding hydrogens is 558 g/mol. The first kappa shape index (κ1) is 26.4. The smallest absolute Gasteiger partial charge is 0.0562 e. The van der Waals surface area contributed by atoms with Gasteiger partial charge in [0, 0.05) is 55.3 Å². The molecule has 3 nitrogen and oxygen atoms in total. The summed E-state index contributed by atoms with van der Waals surface area (Å²) in [6.07, 6.45) is 6.00. The minimum absolute atomic E-state index is 1.14. The lowest BCUT2D eigenvalue weighted by molar-refractivity contribution is 1.05. The van der Waals surface area contributed by atoms with Gasteiger partial charge < -0.3 is 13.7 Å². The molecule has 0 atom stereocenters. The van der Waals surface area contributed by atoms with Crippen LogP contribution in [0, 0.1) is 6.92 Å². The van der Waals surface area contributed by atoms with Gasteiger partial charge in [-0.1, -0.05) is 97.6 Å². The van der Waals surface area contributed by atoms with Crippen LogP contribution in [0.5, 0.6) is 0 Å². The van der Waals surface area contributed by atoms with Gasteiger partial charge in [-0.3, -0.25) is 0 Å². The molecule has 0 aliphatic rings. The Bertz CT molecular complexity index is 2640. The maximum Gasteiger partial charge on any atom is 0.0562 e. The number of hydrogen-bond acceptors (Lipinski definition) is 0. The molecule has 0 bridgehead atoms. The number of para-hydroxylation sites is 4. The van der Waals surface area contributed by atoms with Gasteiger partial charge in [0.05, 0.1) is 27.6 Å². The van der Waals surface area contributed by atoms with E-state index in [0.717, 1.165) is 17.1 Å². The highest BCUT2D eigenvalue weighted by Gasteiger charge is 2.19. The van der Waals surface area contributed by atoms with Crippen molar-refractivity contribution in [3.63, 3.8) is 0 Å². The predicted octanol–water partition coefficient (Wildman–Crippen LogP) is 11.3. The lowest BCUT2D eigenvalue weighted by Crippen LogP contribution is -1.99. The van der Waals surface area contributed by atoms with Crippen LogP contribution in [0.4, 0.5) is 0 Å². The first-order valence-corrected chi connectivity index (χ1v) is 15.7. The van der Waals surface area contributed by atoms with Crippen molar-refractivity contribution >= 4 is 60.6 Å². The van der Waals surface area contributed by atoms with Crippen molar-refractivity contribution in [3.8, 4) is 17.1 Å². The number of allylic oxidation sites excluding steroid dienone is 2. The van der Waals surface area contributed by atoms with E-state index < -0.39 is 0 Å². The second kappa shape index (κ2) is 10.3. The van der Waals surface area contributed by atoms with Crippen LogP contribution in [-0.4, -0.2) is 13.7 Å². The number of nitrogens with zero attached hydrogens (tertiary/aromatic N) is 3. The second-order valence-corrected chi connectivity index (χ2v) is 11.9. The van der Waals surface area contributed by atoms with E-state index in [-0.39, 0.29) is 0 Å². The molecule has 0 amide bonds. The fourth-order valence-electron chi connectivity index (χ4n) is 7.41. The second-order valence-electron chi connectivity index (χ2n) is 11.9. The standard InChI is InChI=1S/C43H31N3/c1-3-4-16-33-29(2)44(39-20-11-8-17-34(33)39)31-23-25-32(26-24-31)46-41-22-13-10-19-36(41)38-27-37-35-18-9-12-21-40(35)45(42(37)28-43(38)46)30-14-6-5-7-15-30/h3-28H,1H2,2H3/b16-4-. The molecule has 3 aromatic heterocycles. The average Bonchev–Trinajstić information content (AvgIpc) is 3.71. The van der Waals surface area contributed by atoms with E-state index in [1.54, 1.807) is 0 Å². The summed E-state index contributed by atoms with van der Waals surface area (Å²) in [4.78, 5) is 0. The van der Waals surface area contributed by atoms with E-state index in [1.165, 1.54) is 65.8 Å². The fourth-order valence-corrected chi connectivity index (χ4v) is 7.41. The van der Waals surface area contributed by atoms with Crippen molar-refractivity contribution < 1.29 is 0 Å². The number of rotatable bonds is 5. The monoisotopic (exact) mass is 589 g/mol. The van der Waals surface area contributed by atoms with Crippen LogP contribution in [0.15, 0.2) is 158 Å². The third-order valence-corrected chi connectivity index (χ3v) is 9.41. The summed E-state index contributed by atoms with van der Waals surface area (Å²) < 4.78 is 7.17. The molecule has 0 unspecified atom stereocenters. The maximum atomic E-state index is 3.88. The molecular formula is C43H31N3. The Morgan fingerprint density at radius 2 is 0.891 bits per heavy atom. The number of hydrogen-bond donors (Lipinski definition) is 0. The van der Waals surface area contributed by atoms with Gasteiger partial charge in [-0.25, -0.2) is 0 Å². The van der Waals surface area contributed by atoms with E-state index in [4.69, 9.17) is 0 Å². The highest BCUT2D eigenvalue weighted by atomic mass is 15.0. The van der Waals surface area contributed by atoms with Gasteiger partial charge in [-0.15, -0.1) is 0 Å². The van der Waals surface area contributed by atoms with E-state index in [9.17, 15) is 0 Å². The van der Waals surface area contributed by atoms with Gasteiger partial charge in [0.15, 0.2) is 0 Å². The van der Waals surface area contributed by atoms with Gasteiger partial charge in [0.2, 0.25) is 0 Å². The van der Waals surface area contributed by atoms with Crippen LogP contribution >= 0.6 is 0 Å². The predicted molar refractivity (Wildman–Crippen MR) is 196 cm³/mol. The average molecular weight is 590 g/mol. The Hall–Kier alpha value is -6.06. The van der Waals surface area contributed by atoms with Crippen molar-refractivity contribution in [1.82, 2.24) is 13.7 Å². The zero-order chi connectivity index (χ0) is 30.8. The Morgan fingerprint density at radius 1 is 0.435 bits per heavy atom. The summed E-state index contributed by atoms with van der Waals surface area (Å²) in [6.45, 7) is 6.07. The van der Waals surface area contributed by atoms with Gasteiger partial charge in [0.25, 0.3) is 0 Å². The highest BCUT2D eigenvalue weighted by molar-refractivity contribution is 6.19. The molecule has 3 heterocycles. The number of benzene rings is 6. The van der Waals surface area contributed by atoms with Crippen LogP contribution < -0.4 is 0 Å². The molecule has 0 aliphatic heterocycles. The zero-order valence-electron chi connectivity index (χ0n) is 25.6. The summed E-state index contributed by atoms with van der Waals surface area (Å²) in [6, 6.07) is 50.6. The normalized spacial score (nSPS) is 12.0. The van der Waals surface area contributed by atoms with E-state index in [2.05, 4.69) is 173 Å². The quantitative estimate of drug-likeness (QED) is 0.177. The molecule has 0 fully saturated rings. The molecule has 9 aromatic rings. The Kier molecular flexibility index (Phi) is 5.87. The van der Waals surface area contributed by atoms with Gasteiger partial charge in [-0.05, 0) is 73.7 Å².